The van der Waals surface area contributed by atoms with Crippen molar-refractivity contribution in [3.63, 3.8) is 0 Å². The number of hydrogen-bond acceptors (Lipinski definition) is 4. The lowest BCUT2D eigenvalue weighted by Gasteiger charge is -2.13. The number of hydrogen-bond donors (Lipinski definition) is 2. The van der Waals surface area contributed by atoms with E-state index in [1.807, 2.05) is 30.3 Å². The van der Waals surface area contributed by atoms with Gasteiger partial charge < -0.3 is 5.11 Å². The molecule has 0 atom stereocenters. The summed E-state index contributed by atoms with van der Waals surface area (Å²) in [6.45, 7) is 3.88. The lowest BCUT2D eigenvalue weighted by molar-refractivity contribution is 0.482. The highest BCUT2D eigenvalue weighted by atomic mass is 35.5. The molecule has 0 unspecified atom stereocenters. The molecule has 1 aromatic heterocycles. The van der Waals surface area contributed by atoms with E-state index in [2.05, 4.69) is 9.82 Å². The summed E-state index contributed by atoms with van der Waals surface area (Å²) in [5.74, 6) is -0.0849. The minimum absolute atomic E-state index is 0.0691. The van der Waals surface area contributed by atoms with Crippen molar-refractivity contribution in [2.24, 2.45) is 0 Å². The second kappa shape index (κ2) is 7.66. The molecule has 0 spiro atoms. The number of phenols is 1. The molecular formula is C22H20ClN3O3S. The van der Waals surface area contributed by atoms with E-state index in [-0.39, 0.29) is 15.7 Å². The third-order valence-electron chi connectivity index (χ3n) is 4.97. The van der Waals surface area contributed by atoms with Gasteiger partial charge in [0.1, 0.15) is 10.6 Å². The van der Waals surface area contributed by atoms with Gasteiger partial charge in [-0.1, -0.05) is 66.2 Å². The summed E-state index contributed by atoms with van der Waals surface area (Å²) in [6, 6.07) is 18.1. The Balaban J connectivity index is 1.75. The molecule has 154 valence electrons. The highest BCUT2D eigenvalue weighted by Crippen LogP contribution is 2.38. The quantitative estimate of drug-likeness (QED) is 0.433. The standard InChI is InChI=1S/C22H20ClN3O3S/c1-14-22(15(2)26(24-14)13-16-8-4-3-5-9-16)30(28,29)25-20-12-19(23)21(27)18-11-7-6-10-17(18)20/h3-12,25,27H,13H2,1-2H3. The van der Waals surface area contributed by atoms with Crippen LogP contribution >= 0.6 is 11.6 Å². The molecule has 2 N–H and O–H groups in total. The third-order valence-corrected chi connectivity index (χ3v) is 6.88. The van der Waals surface area contributed by atoms with Gasteiger partial charge in [-0.3, -0.25) is 9.40 Å². The number of nitrogens with zero attached hydrogens (tertiary/aromatic N) is 2. The van der Waals surface area contributed by atoms with Crippen LogP contribution in [0.1, 0.15) is 17.0 Å². The van der Waals surface area contributed by atoms with Crippen molar-refractivity contribution in [1.29, 1.82) is 0 Å². The molecule has 0 amide bonds. The molecule has 4 rings (SSSR count). The SMILES string of the molecule is Cc1nn(Cc2ccccc2)c(C)c1S(=O)(=O)Nc1cc(Cl)c(O)c2ccccc12. The molecule has 3 aromatic carbocycles. The van der Waals surface area contributed by atoms with Crippen LogP contribution in [0.15, 0.2) is 65.6 Å². The Labute approximate surface area is 179 Å². The molecule has 0 aliphatic heterocycles. The fourth-order valence-electron chi connectivity index (χ4n) is 3.59. The van der Waals surface area contributed by atoms with Gasteiger partial charge in [-0.15, -0.1) is 0 Å². The number of fused-ring (bicyclic) bond motifs is 1. The van der Waals surface area contributed by atoms with Crippen molar-refractivity contribution in [2.75, 3.05) is 4.72 Å². The van der Waals surface area contributed by atoms with Gasteiger partial charge in [0.15, 0.2) is 0 Å². The summed E-state index contributed by atoms with van der Waals surface area (Å²) >= 11 is 6.12. The molecule has 4 aromatic rings. The van der Waals surface area contributed by atoms with Crippen LogP contribution in [0.4, 0.5) is 5.69 Å². The van der Waals surface area contributed by atoms with Gasteiger partial charge in [-0.25, -0.2) is 8.42 Å². The molecular weight excluding hydrogens is 422 g/mol. The minimum atomic E-state index is -3.94. The zero-order valence-corrected chi connectivity index (χ0v) is 18.0. The first-order valence-electron chi connectivity index (χ1n) is 9.29. The van der Waals surface area contributed by atoms with Crippen molar-refractivity contribution < 1.29 is 13.5 Å². The van der Waals surface area contributed by atoms with E-state index >= 15 is 0 Å². The van der Waals surface area contributed by atoms with Crippen molar-refractivity contribution in [1.82, 2.24) is 9.78 Å². The van der Waals surface area contributed by atoms with Crippen molar-refractivity contribution in [3.8, 4) is 5.75 Å². The summed E-state index contributed by atoms with van der Waals surface area (Å²) < 4.78 is 30.9. The van der Waals surface area contributed by atoms with E-state index < -0.39 is 10.0 Å². The van der Waals surface area contributed by atoms with Gasteiger partial charge in [-0.2, -0.15) is 5.10 Å². The number of aromatic nitrogens is 2. The van der Waals surface area contributed by atoms with Crippen LogP contribution in [0.2, 0.25) is 5.02 Å². The first-order valence-corrected chi connectivity index (χ1v) is 11.1. The minimum Gasteiger partial charge on any atom is -0.506 e. The van der Waals surface area contributed by atoms with Crippen LogP contribution in [0.25, 0.3) is 10.8 Å². The second-order valence-electron chi connectivity index (χ2n) is 7.05. The van der Waals surface area contributed by atoms with E-state index in [0.29, 0.717) is 34.4 Å². The predicted octanol–water partition coefficient (Wildman–Crippen LogP) is 4.86. The van der Waals surface area contributed by atoms with E-state index in [1.54, 1.807) is 42.8 Å². The average molecular weight is 442 g/mol. The molecule has 0 bridgehead atoms. The van der Waals surface area contributed by atoms with Crippen LogP contribution in [0.3, 0.4) is 0 Å². The maximum Gasteiger partial charge on any atom is 0.265 e. The van der Waals surface area contributed by atoms with Crippen LogP contribution < -0.4 is 4.72 Å². The molecule has 0 radical (unpaired) electrons. The average Bonchev–Trinajstić information content (AvgIpc) is 3.00. The molecule has 0 saturated carbocycles. The maximum atomic E-state index is 13.3. The molecule has 0 fully saturated rings. The first kappa shape index (κ1) is 20.3. The van der Waals surface area contributed by atoms with E-state index in [1.165, 1.54) is 6.07 Å². The van der Waals surface area contributed by atoms with Crippen molar-refractivity contribution >= 4 is 38.1 Å². The molecule has 6 nitrogen and oxygen atoms in total. The smallest absolute Gasteiger partial charge is 0.265 e. The summed E-state index contributed by atoms with van der Waals surface area (Å²) in [4.78, 5) is 0.131. The zero-order valence-electron chi connectivity index (χ0n) is 16.4. The van der Waals surface area contributed by atoms with Gasteiger partial charge in [0.05, 0.1) is 28.6 Å². The summed E-state index contributed by atoms with van der Waals surface area (Å²) in [5, 5.41) is 15.7. The number of sulfonamides is 1. The van der Waals surface area contributed by atoms with Gasteiger partial charge in [0, 0.05) is 10.8 Å². The largest absolute Gasteiger partial charge is 0.506 e. The number of benzene rings is 3. The van der Waals surface area contributed by atoms with E-state index in [4.69, 9.17) is 11.6 Å². The third kappa shape index (κ3) is 3.62. The number of anilines is 1. The van der Waals surface area contributed by atoms with E-state index in [0.717, 1.165) is 5.56 Å². The van der Waals surface area contributed by atoms with Gasteiger partial charge >= 0.3 is 0 Å². The van der Waals surface area contributed by atoms with Crippen LogP contribution in [0.5, 0.6) is 5.75 Å². The summed E-state index contributed by atoms with van der Waals surface area (Å²) in [5.41, 5.74) is 2.27. The molecule has 30 heavy (non-hydrogen) atoms. The van der Waals surface area contributed by atoms with Gasteiger partial charge in [-0.05, 0) is 25.5 Å². The monoisotopic (exact) mass is 441 g/mol. The Kier molecular flexibility index (Phi) is 5.17. The highest BCUT2D eigenvalue weighted by Gasteiger charge is 2.26. The Morgan fingerprint density at radius 2 is 1.67 bits per heavy atom. The topological polar surface area (TPSA) is 84.2 Å². The molecule has 0 aliphatic rings. The molecule has 0 aliphatic carbocycles. The van der Waals surface area contributed by atoms with Crippen molar-refractivity contribution in [3.05, 3.63) is 82.6 Å². The summed E-state index contributed by atoms with van der Waals surface area (Å²) in [7, 11) is -3.94. The zero-order chi connectivity index (χ0) is 21.5. The molecule has 8 heteroatoms. The van der Waals surface area contributed by atoms with Crippen LogP contribution in [-0.2, 0) is 16.6 Å². The normalized spacial score (nSPS) is 11.7. The number of nitrogens with one attached hydrogen (secondary N) is 1. The molecule has 0 saturated heterocycles. The molecule has 1 heterocycles. The van der Waals surface area contributed by atoms with Gasteiger partial charge in [0.2, 0.25) is 0 Å². The first-order chi connectivity index (χ1) is 14.3. The number of aryl methyl sites for hydroxylation is 1. The Bertz CT molecular complexity index is 1350. The number of rotatable bonds is 5. The lowest BCUT2D eigenvalue weighted by atomic mass is 10.1. The number of phenolic OH excluding ortho intramolecular Hbond substituents is 1. The fraction of sp³-hybridized carbons (Fsp3) is 0.136. The Morgan fingerprint density at radius 3 is 2.37 bits per heavy atom. The Morgan fingerprint density at radius 1 is 1.03 bits per heavy atom. The lowest BCUT2D eigenvalue weighted by Crippen LogP contribution is -2.15. The predicted molar refractivity (Wildman–Crippen MR) is 119 cm³/mol. The number of aromatic hydroxyl groups is 1. The van der Waals surface area contributed by atoms with E-state index in [9.17, 15) is 13.5 Å². The van der Waals surface area contributed by atoms with Crippen LogP contribution in [0, 0.1) is 13.8 Å². The Hall–Kier alpha value is -3.03. The highest BCUT2D eigenvalue weighted by molar-refractivity contribution is 7.92. The van der Waals surface area contributed by atoms with Crippen LogP contribution in [-0.4, -0.2) is 23.3 Å². The fourth-order valence-corrected chi connectivity index (χ4v) is 5.28. The second-order valence-corrected chi connectivity index (χ2v) is 9.08. The maximum absolute atomic E-state index is 13.3. The van der Waals surface area contributed by atoms with Crippen molar-refractivity contribution in [2.45, 2.75) is 25.3 Å². The summed E-state index contributed by atoms with van der Waals surface area (Å²) in [6.07, 6.45) is 0. The van der Waals surface area contributed by atoms with Gasteiger partial charge in [0.25, 0.3) is 10.0 Å². The number of halogens is 1.